The first kappa shape index (κ1) is 18.3. The molecule has 7 heteroatoms. The molecular weight excluding hydrogens is 340 g/mol. The molecular formula is C19H21F2N3O2. The maximum Gasteiger partial charge on any atom is 0.280 e. The van der Waals surface area contributed by atoms with Crippen LogP contribution < -0.4 is 15.4 Å². The molecule has 0 saturated heterocycles. The van der Waals surface area contributed by atoms with Gasteiger partial charge in [0.1, 0.15) is 11.4 Å². The zero-order chi connectivity index (χ0) is 18.5. The van der Waals surface area contributed by atoms with Crippen LogP contribution in [0.15, 0.2) is 42.6 Å². The lowest BCUT2D eigenvalue weighted by Gasteiger charge is -2.27. The van der Waals surface area contributed by atoms with E-state index in [1.165, 1.54) is 12.3 Å². The maximum absolute atomic E-state index is 12.5. The summed E-state index contributed by atoms with van der Waals surface area (Å²) in [6.45, 7) is 2.54. The molecule has 1 aliphatic rings. The summed E-state index contributed by atoms with van der Waals surface area (Å²) in [5.74, 6) is 0.672. The minimum absolute atomic E-state index is 0.0726. The van der Waals surface area contributed by atoms with Crippen LogP contribution >= 0.6 is 0 Å². The molecule has 3 rings (SSSR count). The van der Waals surface area contributed by atoms with Crippen LogP contribution in [0.2, 0.25) is 0 Å². The Labute approximate surface area is 150 Å². The Bertz CT molecular complexity index is 753. The number of fused-ring (bicyclic) bond motifs is 1. The van der Waals surface area contributed by atoms with Gasteiger partial charge in [-0.1, -0.05) is 24.3 Å². The summed E-state index contributed by atoms with van der Waals surface area (Å²) in [6, 6.07) is 10.3. The van der Waals surface area contributed by atoms with Gasteiger partial charge in [-0.15, -0.1) is 0 Å². The van der Waals surface area contributed by atoms with Crippen molar-refractivity contribution in [3.05, 3.63) is 59.4 Å². The van der Waals surface area contributed by atoms with Crippen molar-refractivity contribution in [2.45, 2.75) is 31.9 Å². The van der Waals surface area contributed by atoms with Crippen molar-refractivity contribution in [2.24, 2.45) is 0 Å². The van der Waals surface area contributed by atoms with E-state index in [0.717, 1.165) is 23.3 Å². The van der Waals surface area contributed by atoms with E-state index in [0.29, 0.717) is 6.61 Å². The van der Waals surface area contributed by atoms with E-state index >= 15 is 0 Å². The summed E-state index contributed by atoms with van der Waals surface area (Å²) in [5, 5.41) is 6.10. The van der Waals surface area contributed by atoms with Crippen LogP contribution in [0.1, 0.15) is 48.7 Å². The number of para-hydroxylation sites is 1. The number of ether oxygens (including phenoxy) is 1. The number of alkyl halides is 2. The number of aromatic nitrogens is 1. The van der Waals surface area contributed by atoms with Gasteiger partial charge in [0, 0.05) is 24.2 Å². The predicted molar refractivity (Wildman–Crippen MR) is 93.0 cm³/mol. The Balaban J connectivity index is 1.53. The smallest absolute Gasteiger partial charge is 0.280 e. The Morgan fingerprint density at radius 3 is 2.85 bits per heavy atom. The number of hydrogen-bond acceptors (Lipinski definition) is 4. The molecule has 0 radical (unpaired) electrons. The number of nitrogens with one attached hydrogen (secondary N) is 2. The lowest BCUT2D eigenvalue weighted by molar-refractivity contribution is -0.121. The van der Waals surface area contributed by atoms with Crippen molar-refractivity contribution in [1.29, 1.82) is 0 Å². The summed E-state index contributed by atoms with van der Waals surface area (Å²) >= 11 is 0. The molecule has 2 heterocycles. The zero-order valence-electron chi connectivity index (χ0n) is 14.4. The molecule has 0 aliphatic carbocycles. The van der Waals surface area contributed by atoms with Gasteiger partial charge in [-0.05, 0) is 24.6 Å². The van der Waals surface area contributed by atoms with Gasteiger partial charge in [0.05, 0.1) is 19.2 Å². The number of hydrogen-bond donors (Lipinski definition) is 2. The number of carbonyl (C=O) groups is 1. The van der Waals surface area contributed by atoms with E-state index in [1.807, 2.05) is 31.2 Å². The summed E-state index contributed by atoms with van der Waals surface area (Å²) < 4.78 is 30.7. The quantitative estimate of drug-likeness (QED) is 0.829. The highest BCUT2D eigenvalue weighted by Crippen LogP contribution is 2.31. The molecule has 138 valence electrons. The number of halogens is 2. The van der Waals surface area contributed by atoms with Gasteiger partial charge >= 0.3 is 0 Å². The highest BCUT2D eigenvalue weighted by molar-refractivity contribution is 5.78. The fourth-order valence-electron chi connectivity index (χ4n) is 2.90. The standard InChI is InChI=1S/C19H21F2N3O2/c1-12(13-6-7-16(19(20)21)23-10-13)22-11-18(25)24-15-8-9-26-17-5-3-2-4-14(15)17/h2-7,10,12,15,19,22H,8-9,11H2,1H3,(H,24,25). The van der Waals surface area contributed by atoms with Crippen LogP contribution in [0.25, 0.3) is 0 Å². The molecule has 5 nitrogen and oxygen atoms in total. The lowest BCUT2D eigenvalue weighted by atomic mass is 10.0. The fourth-order valence-corrected chi connectivity index (χ4v) is 2.90. The van der Waals surface area contributed by atoms with Crippen molar-refractivity contribution in [3.8, 4) is 5.75 Å². The van der Waals surface area contributed by atoms with E-state index < -0.39 is 6.43 Å². The molecule has 1 aromatic carbocycles. The third kappa shape index (κ3) is 4.35. The van der Waals surface area contributed by atoms with E-state index in [9.17, 15) is 13.6 Å². The third-order valence-electron chi connectivity index (χ3n) is 4.40. The van der Waals surface area contributed by atoms with Gasteiger partial charge in [-0.3, -0.25) is 9.78 Å². The van der Waals surface area contributed by atoms with Gasteiger partial charge in [-0.25, -0.2) is 8.78 Å². The van der Waals surface area contributed by atoms with Gasteiger partial charge in [-0.2, -0.15) is 0 Å². The van der Waals surface area contributed by atoms with Crippen molar-refractivity contribution in [3.63, 3.8) is 0 Å². The van der Waals surface area contributed by atoms with Gasteiger partial charge in [0.2, 0.25) is 5.91 Å². The summed E-state index contributed by atoms with van der Waals surface area (Å²) in [6.07, 6.45) is -0.455. The largest absolute Gasteiger partial charge is 0.493 e. The van der Waals surface area contributed by atoms with Gasteiger partial charge in [0.15, 0.2) is 0 Å². The van der Waals surface area contributed by atoms with Crippen LogP contribution in [-0.2, 0) is 4.79 Å². The number of amides is 1. The normalized spacial score (nSPS) is 17.3. The van der Waals surface area contributed by atoms with Crippen molar-refractivity contribution >= 4 is 5.91 Å². The number of rotatable bonds is 6. The molecule has 0 bridgehead atoms. The van der Waals surface area contributed by atoms with Gasteiger partial charge < -0.3 is 15.4 Å². The second-order valence-corrected chi connectivity index (χ2v) is 6.21. The lowest BCUT2D eigenvalue weighted by Crippen LogP contribution is -2.38. The molecule has 26 heavy (non-hydrogen) atoms. The average Bonchev–Trinajstić information content (AvgIpc) is 2.66. The molecule has 1 aromatic heterocycles. The Morgan fingerprint density at radius 2 is 2.12 bits per heavy atom. The third-order valence-corrected chi connectivity index (χ3v) is 4.40. The Hall–Kier alpha value is -2.54. The minimum Gasteiger partial charge on any atom is -0.493 e. The van der Waals surface area contributed by atoms with Crippen molar-refractivity contribution in [1.82, 2.24) is 15.6 Å². The molecule has 2 atom stereocenters. The second-order valence-electron chi connectivity index (χ2n) is 6.21. The van der Waals surface area contributed by atoms with Crippen molar-refractivity contribution in [2.75, 3.05) is 13.2 Å². The highest BCUT2D eigenvalue weighted by Gasteiger charge is 2.22. The monoisotopic (exact) mass is 361 g/mol. The number of benzene rings is 1. The molecule has 1 aliphatic heterocycles. The van der Waals surface area contributed by atoms with Crippen molar-refractivity contribution < 1.29 is 18.3 Å². The topological polar surface area (TPSA) is 63.2 Å². The molecule has 2 N–H and O–H groups in total. The average molecular weight is 361 g/mol. The predicted octanol–water partition coefficient (Wildman–Crippen LogP) is 3.31. The van der Waals surface area contributed by atoms with Crippen LogP contribution in [0, 0.1) is 0 Å². The molecule has 0 saturated carbocycles. The first-order valence-corrected chi connectivity index (χ1v) is 8.53. The Kier molecular flexibility index (Phi) is 5.78. The van der Waals surface area contributed by atoms with Crippen LogP contribution in [-0.4, -0.2) is 24.0 Å². The second kappa shape index (κ2) is 8.23. The molecule has 0 fully saturated rings. The minimum atomic E-state index is -2.58. The van der Waals surface area contributed by atoms with Crippen LogP contribution in [0.3, 0.4) is 0 Å². The summed E-state index contributed by atoms with van der Waals surface area (Å²) in [7, 11) is 0. The molecule has 1 amide bonds. The highest BCUT2D eigenvalue weighted by atomic mass is 19.3. The molecule has 2 unspecified atom stereocenters. The zero-order valence-corrected chi connectivity index (χ0v) is 14.4. The summed E-state index contributed by atoms with van der Waals surface area (Å²) in [5.41, 5.74) is 1.47. The number of nitrogens with zero attached hydrogens (tertiary/aromatic N) is 1. The first-order chi connectivity index (χ1) is 12.5. The maximum atomic E-state index is 12.5. The first-order valence-electron chi connectivity index (χ1n) is 8.53. The van der Waals surface area contributed by atoms with Crippen LogP contribution in [0.4, 0.5) is 8.78 Å². The summed E-state index contributed by atoms with van der Waals surface area (Å²) in [4.78, 5) is 16.0. The van der Waals surface area contributed by atoms with Crippen LogP contribution in [0.5, 0.6) is 5.75 Å². The van der Waals surface area contributed by atoms with E-state index in [4.69, 9.17) is 4.74 Å². The number of carbonyl (C=O) groups excluding carboxylic acids is 1. The SMILES string of the molecule is CC(NCC(=O)NC1CCOc2ccccc21)c1ccc(C(F)F)nc1. The molecule has 2 aromatic rings. The number of pyridine rings is 1. The molecule has 0 spiro atoms. The van der Waals surface area contributed by atoms with E-state index in [1.54, 1.807) is 6.07 Å². The fraction of sp³-hybridized carbons (Fsp3) is 0.368. The van der Waals surface area contributed by atoms with Gasteiger partial charge in [0.25, 0.3) is 6.43 Å². The van der Waals surface area contributed by atoms with E-state index in [-0.39, 0.29) is 30.2 Å². The van der Waals surface area contributed by atoms with E-state index in [2.05, 4.69) is 15.6 Å². The Morgan fingerprint density at radius 1 is 1.31 bits per heavy atom.